The van der Waals surface area contributed by atoms with Crippen LogP contribution in [-0.4, -0.2) is 31.8 Å². The van der Waals surface area contributed by atoms with Crippen molar-refractivity contribution in [3.63, 3.8) is 0 Å². The molecular formula is C10H21NO4S. The Morgan fingerprint density at radius 1 is 1.31 bits per heavy atom. The van der Waals surface area contributed by atoms with Crippen LogP contribution >= 0.6 is 0 Å². The van der Waals surface area contributed by atoms with Gasteiger partial charge in [0.1, 0.15) is 0 Å². The lowest BCUT2D eigenvalue weighted by molar-refractivity contribution is -0.141. The van der Waals surface area contributed by atoms with Crippen molar-refractivity contribution in [2.24, 2.45) is 11.8 Å². The Hall–Kier alpha value is -0.620. The van der Waals surface area contributed by atoms with E-state index < -0.39 is 21.9 Å². The van der Waals surface area contributed by atoms with Gasteiger partial charge in [-0.25, -0.2) is 13.1 Å². The van der Waals surface area contributed by atoms with Gasteiger partial charge in [0.2, 0.25) is 10.0 Å². The highest BCUT2D eigenvalue weighted by atomic mass is 32.2. The molecule has 2 N–H and O–H groups in total. The van der Waals surface area contributed by atoms with E-state index in [-0.39, 0.29) is 11.7 Å². The molecule has 0 aromatic carbocycles. The highest BCUT2D eigenvalue weighted by Gasteiger charge is 2.13. The molecule has 0 aromatic heterocycles. The molecule has 1 unspecified atom stereocenters. The molecular weight excluding hydrogens is 230 g/mol. The van der Waals surface area contributed by atoms with E-state index in [1.165, 1.54) is 0 Å². The van der Waals surface area contributed by atoms with Gasteiger partial charge in [-0.2, -0.15) is 0 Å². The first-order chi connectivity index (χ1) is 7.24. The van der Waals surface area contributed by atoms with Crippen LogP contribution in [0.2, 0.25) is 0 Å². The third kappa shape index (κ3) is 7.64. The predicted octanol–water partition coefficient (Wildman–Crippen LogP) is 1.06. The molecule has 0 spiro atoms. The Morgan fingerprint density at radius 3 is 2.31 bits per heavy atom. The van der Waals surface area contributed by atoms with Crippen LogP contribution in [0.5, 0.6) is 0 Å². The zero-order chi connectivity index (χ0) is 12.8. The minimum absolute atomic E-state index is 0.0930. The Morgan fingerprint density at radius 2 is 1.88 bits per heavy atom. The van der Waals surface area contributed by atoms with Crippen molar-refractivity contribution in [2.75, 3.05) is 12.3 Å². The Kier molecular flexibility index (Phi) is 6.59. The second kappa shape index (κ2) is 6.85. The van der Waals surface area contributed by atoms with E-state index in [9.17, 15) is 13.2 Å². The van der Waals surface area contributed by atoms with Gasteiger partial charge in [0, 0.05) is 6.54 Å². The number of hydrogen-bond acceptors (Lipinski definition) is 3. The second-order valence-corrected chi connectivity index (χ2v) is 6.30. The number of carboxylic acid groups (broad SMARTS) is 1. The molecule has 0 aliphatic carbocycles. The first-order valence-electron chi connectivity index (χ1n) is 5.44. The molecule has 96 valence electrons. The van der Waals surface area contributed by atoms with Crippen LogP contribution in [0.1, 0.15) is 33.6 Å². The van der Waals surface area contributed by atoms with Crippen molar-refractivity contribution in [3.05, 3.63) is 0 Å². The van der Waals surface area contributed by atoms with E-state index in [4.69, 9.17) is 5.11 Å². The summed E-state index contributed by atoms with van der Waals surface area (Å²) in [5.41, 5.74) is 0. The molecule has 0 saturated carbocycles. The zero-order valence-corrected chi connectivity index (χ0v) is 10.9. The number of aliphatic carboxylic acids is 1. The number of hydrogen-bond donors (Lipinski definition) is 2. The largest absolute Gasteiger partial charge is 0.481 e. The quantitative estimate of drug-likeness (QED) is 0.632. The minimum atomic E-state index is -3.20. The standard InChI is InChI=1S/C10H21NO4S/c1-8(2)7-16(14,15)11-6-4-5-9(3)10(12)13/h8-9,11H,4-7H2,1-3H3,(H,12,13). The molecule has 0 bridgehead atoms. The molecule has 0 aromatic rings. The van der Waals surface area contributed by atoms with Crippen LogP contribution in [0, 0.1) is 11.8 Å². The van der Waals surface area contributed by atoms with Crippen molar-refractivity contribution in [1.29, 1.82) is 0 Å². The summed E-state index contributed by atoms with van der Waals surface area (Å²) in [5, 5.41) is 8.62. The number of rotatable bonds is 8. The van der Waals surface area contributed by atoms with Crippen LogP contribution in [0.3, 0.4) is 0 Å². The summed E-state index contributed by atoms with van der Waals surface area (Å²) in [7, 11) is -3.20. The van der Waals surface area contributed by atoms with E-state index in [0.29, 0.717) is 19.4 Å². The number of sulfonamides is 1. The molecule has 5 nitrogen and oxygen atoms in total. The first kappa shape index (κ1) is 15.4. The topological polar surface area (TPSA) is 83.5 Å². The third-order valence-corrected chi connectivity index (χ3v) is 3.86. The van der Waals surface area contributed by atoms with Crippen molar-refractivity contribution >= 4 is 16.0 Å². The smallest absolute Gasteiger partial charge is 0.306 e. The van der Waals surface area contributed by atoms with Crippen molar-refractivity contribution in [1.82, 2.24) is 4.72 Å². The Bertz CT molecular complexity index is 311. The Balaban J connectivity index is 3.78. The fraction of sp³-hybridized carbons (Fsp3) is 0.900. The Labute approximate surface area is 97.3 Å². The maximum atomic E-state index is 11.4. The molecule has 1 atom stereocenters. The predicted molar refractivity (Wildman–Crippen MR) is 62.7 cm³/mol. The van der Waals surface area contributed by atoms with Crippen LogP contribution in [0.15, 0.2) is 0 Å². The van der Waals surface area contributed by atoms with E-state index in [0.717, 1.165) is 0 Å². The lowest BCUT2D eigenvalue weighted by Gasteiger charge is -2.09. The van der Waals surface area contributed by atoms with Gasteiger partial charge in [-0.05, 0) is 18.8 Å². The number of carbonyl (C=O) groups is 1. The van der Waals surface area contributed by atoms with Crippen LogP contribution < -0.4 is 4.72 Å². The molecule has 0 saturated heterocycles. The fourth-order valence-electron chi connectivity index (χ4n) is 1.26. The molecule has 0 aliphatic heterocycles. The van der Waals surface area contributed by atoms with Gasteiger partial charge in [0.05, 0.1) is 11.7 Å². The lowest BCUT2D eigenvalue weighted by atomic mass is 10.1. The molecule has 16 heavy (non-hydrogen) atoms. The molecule has 0 fully saturated rings. The maximum absolute atomic E-state index is 11.4. The van der Waals surface area contributed by atoms with Gasteiger partial charge in [-0.3, -0.25) is 4.79 Å². The van der Waals surface area contributed by atoms with Gasteiger partial charge < -0.3 is 5.11 Å². The molecule has 0 radical (unpaired) electrons. The number of carboxylic acids is 1. The summed E-state index contributed by atoms with van der Waals surface area (Å²) < 4.78 is 25.2. The summed E-state index contributed by atoms with van der Waals surface area (Å²) in [6.45, 7) is 5.61. The molecule has 0 rings (SSSR count). The second-order valence-electron chi connectivity index (χ2n) is 4.45. The summed E-state index contributed by atoms with van der Waals surface area (Å²) in [6.07, 6.45) is 1.03. The first-order valence-corrected chi connectivity index (χ1v) is 7.10. The van der Waals surface area contributed by atoms with Crippen LogP contribution in [0.25, 0.3) is 0 Å². The monoisotopic (exact) mass is 251 g/mol. The normalized spacial score (nSPS) is 14.0. The fourth-order valence-corrected chi connectivity index (χ4v) is 2.71. The highest BCUT2D eigenvalue weighted by Crippen LogP contribution is 2.05. The summed E-state index contributed by atoms with van der Waals surface area (Å²) in [4.78, 5) is 10.5. The van der Waals surface area contributed by atoms with Gasteiger partial charge in [0.15, 0.2) is 0 Å². The molecule has 0 heterocycles. The zero-order valence-electron chi connectivity index (χ0n) is 10.1. The van der Waals surface area contributed by atoms with E-state index in [2.05, 4.69) is 4.72 Å². The van der Waals surface area contributed by atoms with Crippen LogP contribution in [-0.2, 0) is 14.8 Å². The van der Waals surface area contributed by atoms with E-state index in [1.807, 2.05) is 13.8 Å². The highest BCUT2D eigenvalue weighted by molar-refractivity contribution is 7.89. The van der Waals surface area contributed by atoms with E-state index >= 15 is 0 Å². The van der Waals surface area contributed by atoms with Gasteiger partial charge in [0.25, 0.3) is 0 Å². The SMILES string of the molecule is CC(C)CS(=O)(=O)NCCCC(C)C(=O)O. The van der Waals surface area contributed by atoms with Gasteiger partial charge >= 0.3 is 5.97 Å². The van der Waals surface area contributed by atoms with Crippen molar-refractivity contribution < 1.29 is 18.3 Å². The molecule has 0 aliphatic rings. The third-order valence-electron chi connectivity index (χ3n) is 2.11. The van der Waals surface area contributed by atoms with E-state index in [1.54, 1.807) is 6.92 Å². The van der Waals surface area contributed by atoms with Crippen molar-refractivity contribution in [3.8, 4) is 0 Å². The summed E-state index contributed by atoms with van der Waals surface area (Å²) in [6, 6.07) is 0. The number of nitrogens with one attached hydrogen (secondary N) is 1. The average molecular weight is 251 g/mol. The molecule has 6 heteroatoms. The summed E-state index contributed by atoms with van der Waals surface area (Å²) >= 11 is 0. The van der Waals surface area contributed by atoms with Gasteiger partial charge in [-0.1, -0.05) is 20.8 Å². The molecule has 0 amide bonds. The average Bonchev–Trinajstić information content (AvgIpc) is 2.09. The summed E-state index contributed by atoms with van der Waals surface area (Å²) in [5.74, 6) is -1.06. The maximum Gasteiger partial charge on any atom is 0.306 e. The van der Waals surface area contributed by atoms with Gasteiger partial charge in [-0.15, -0.1) is 0 Å². The van der Waals surface area contributed by atoms with Crippen LogP contribution in [0.4, 0.5) is 0 Å². The lowest BCUT2D eigenvalue weighted by Crippen LogP contribution is -2.29. The van der Waals surface area contributed by atoms with Crippen molar-refractivity contribution in [2.45, 2.75) is 33.6 Å². The minimum Gasteiger partial charge on any atom is -0.481 e.